The molecule has 3 aliphatic rings. The molecule has 4 nitrogen and oxygen atoms in total. The standard InChI is InChI=1S/C20H27N3O/c21-12-18-16-9-4-10-17(16)19(14-6-2-1-3-7-14)23-20(18)22-13-15-8-5-11-24-15/h14-15H,1-11,13H2,(H,22,23)/t15-/m0/s1. The van der Waals surface area contributed by atoms with Crippen LogP contribution in [0.2, 0.25) is 0 Å². The van der Waals surface area contributed by atoms with Crippen LogP contribution < -0.4 is 5.32 Å². The van der Waals surface area contributed by atoms with Crippen molar-refractivity contribution in [1.29, 1.82) is 5.26 Å². The van der Waals surface area contributed by atoms with Gasteiger partial charge in [-0.05, 0) is 56.1 Å². The molecule has 0 bridgehead atoms. The van der Waals surface area contributed by atoms with Gasteiger partial charge in [0.1, 0.15) is 11.9 Å². The monoisotopic (exact) mass is 325 g/mol. The number of ether oxygens (including phenoxy) is 1. The molecule has 1 atom stereocenters. The summed E-state index contributed by atoms with van der Waals surface area (Å²) in [5.41, 5.74) is 4.78. The minimum Gasteiger partial charge on any atom is -0.376 e. The lowest BCUT2D eigenvalue weighted by molar-refractivity contribution is 0.120. The van der Waals surface area contributed by atoms with Gasteiger partial charge in [-0.3, -0.25) is 0 Å². The summed E-state index contributed by atoms with van der Waals surface area (Å²) in [6, 6.07) is 2.44. The quantitative estimate of drug-likeness (QED) is 0.906. The van der Waals surface area contributed by atoms with Crippen molar-refractivity contribution in [1.82, 2.24) is 4.98 Å². The molecule has 1 saturated carbocycles. The average Bonchev–Trinajstić information content (AvgIpc) is 3.31. The van der Waals surface area contributed by atoms with E-state index in [2.05, 4.69) is 11.4 Å². The maximum absolute atomic E-state index is 9.71. The topological polar surface area (TPSA) is 57.9 Å². The second-order valence-corrected chi connectivity index (χ2v) is 7.49. The van der Waals surface area contributed by atoms with E-state index in [0.29, 0.717) is 5.92 Å². The molecule has 1 aromatic heterocycles. The van der Waals surface area contributed by atoms with Crippen molar-refractivity contribution in [3.05, 3.63) is 22.4 Å². The van der Waals surface area contributed by atoms with Crippen LogP contribution in [-0.4, -0.2) is 24.2 Å². The summed E-state index contributed by atoms with van der Waals surface area (Å²) in [5, 5.41) is 13.2. The van der Waals surface area contributed by atoms with Crippen molar-refractivity contribution in [3.8, 4) is 6.07 Å². The van der Waals surface area contributed by atoms with Gasteiger partial charge in [0.25, 0.3) is 0 Å². The first-order valence-electron chi connectivity index (χ1n) is 9.68. The van der Waals surface area contributed by atoms with E-state index in [1.54, 1.807) is 0 Å². The van der Waals surface area contributed by atoms with E-state index >= 15 is 0 Å². The third-order valence-corrected chi connectivity index (χ3v) is 5.92. The summed E-state index contributed by atoms with van der Waals surface area (Å²) < 4.78 is 5.71. The number of nitrogens with zero attached hydrogens (tertiary/aromatic N) is 2. The molecule has 2 heterocycles. The summed E-state index contributed by atoms with van der Waals surface area (Å²) in [7, 11) is 0. The van der Waals surface area contributed by atoms with Gasteiger partial charge >= 0.3 is 0 Å². The number of hydrogen-bond acceptors (Lipinski definition) is 4. The summed E-state index contributed by atoms with van der Waals surface area (Å²) in [6.45, 7) is 1.63. The molecule has 2 aliphatic carbocycles. The highest BCUT2D eigenvalue weighted by molar-refractivity contribution is 5.61. The number of anilines is 1. The summed E-state index contributed by atoms with van der Waals surface area (Å²) in [5.74, 6) is 1.41. The van der Waals surface area contributed by atoms with Gasteiger partial charge in [0.05, 0.1) is 11.7 Å². The SMILES string of the molecule is N#Cc1c(NC[C@@H]2CCCO2)nc(C2CCCCC2)c2c1CCC2. The van der Waals surface area contributed by atoms with E-state index in [-0.39, 0.29) is 6.10 Å². The number of aromatic nitrogens is 1. The van der Waals surface area contributed by atoms with E-state index in [1.807, 2.05) is 0 Å². The fourth-order valence-electron chi connectivity index (χ4n) is 4.67. The minimum absolute atomic E-state index is 0.268. The highest BCUT2D eigenvalue weighted by Crippen LogP contribution is 2.39. The van der Waals surface area contributed by atoms with Crippen LogP contribution in [-0.2, 0) is 17.6 Å². The minimum atomic E-state index is 0.268. The number of nitriles is 1. The molecule has 2 fully saturated rings. The van der Waals surface area contributed by atoms with Crippen LogP contribution in [0.1, 0.15) is 79.7 Å². The lowest BCUT2D eigenvalue weighted by Crippen LogP contribution is -2.21. The largest absolute Gasteiger partial charge is 0.376 e. The Hall–Kier alpha value is -1.60. The number of hydrogen-bond donors (Lipinski definition) is 1. The van der Waals surface area contributed by atoms with Gasteiger partial charge < -0.3 is 10.1 Å². The zero-order chi connectivity index (χ0) is 16.4. The van der Waals surface area contributed by atoms with E-state index < -0.39 is 0 Å². The van der Waals surface area contributed by atoms with Crippen LogP contribution in [0.5, 0.6) is 0 Å². The first-order chi connectivity index (χ1) is 11.9. The third kappa shape index (κ3) is 3.02. The van der Waals surface area contributed by atoms with Crippen molar-refractivity contribution in [2.75, 3.05) is 18.5 Å². The Kier molecular flexibility index (Phi) is 4.71. The Morgan fingerprint density at radius 2 is 1.88 bits per heavy atom. The molecule has 0 radical (unpaired) electrons. The molecule has 128 valence electrons. The average molecular weight is 325 g/mol. The van der Waals surface area contributed by atoms with E-state index in [4.69, 9.17) is 9.72 Å². The lowest BCUT2D eigenvalue weighted by Gasteiger charge is -2.25. The molecule has 0 aromatic carbocycles. The Balaban J connectivity index is 1.65. The van der Waals surface area contributed by atoms with Crippen LogP contribution in [0.15, 0.2) is 0 Å². The maximum atomic E-state index is 9.71. The zero-order valence-corrected chi connectivity index (χ0v) is 14.4. The smallest absolute Gasteiger partial charge is 0.144 e. The third-order valence-electron chi connectivity index (χ3n) is 5.92. The molecule has 4 rings (SSSR count). The second-order valence-electron chi connectivity index (χ2n) is 7.49. The van der Waals surface area contributed by atoms with Crippen LogP contribution in [0.3, 0.4) is 0 Å². The normalized spacial score (nSPS) is 23.9. The van der Waals surface area contributed by atoms with Crippen molar-refractivity contribution in [2.45, 2.75) is 76.2 Å². The molecule has 1 aliphatic heterocycles. The molecule has 1 N–H and O–H groups in total. The van der Waals surface area contributed by atoms with Gasteiger partial charge in [-0.1, -0.05) is 19.3 Å². The van der Waals surface area contributed by atoms with Crippen LogP contribution in [0.25, 0.3) is 0 Å². The Bertz CT molecular complexity index is 637. The number of fused-ring (bicyclic) bond motifs is 1. The molecule has 1 aromatic rings. The maximum Gasteiger partial charge on any atom is 0.144 e. The van der Waals surface area contributed by atoms with Gasteiger partial charge in [-0.2, -0.15) is 5.26 Å². The summed E-state index contributed by atoms with van der Waals surface area (Å²) in [6.07, 6.45) is 12.3. The molecule has 0 spiro atoms. The van der Waals surface area contributed by atoms with Gasteiger partial charge in [-0.25, -0.2) is 4.98 Å². The Morgan fingerprint density at radius 3 is 2.62 bits per heavy atom. The molecule has 0 unspecified atom stereocenters. The lowest BCUT2D eigenvalue weighted by atomic mass is 9.84. The predicted octanol–water partition coefficient (Wildman–Crippen LogP) is 4.08. The zero-order valence-electron chi connectivity index (χ0n) is 14.4. The molecule has 4 heteroatoms. The van der Waals surface area contributed by atoms with Gasteiger partial charge in [0.15, 0.2) is 0 Å². The molecule has 24 heavy (non-hydrogen) atoms. The van der Waals surface area contributed by atoms with Crippen LogP contribution in [0.4, 0.5) is 5.82 Å². The fraction of sp³-hybridized carbons (Fsp3) is 0.700. The van der Waals surface area contributed by atoms with Crippen molar-refractivity contribution in [3.63, 3.8) is 0 Å². The fourth-order valence-corrected chi connectivity index (χ4v) is 4.67. The number of nitrogens with one attached hydrogen (secondary N) is 1. The molecular formula is C20H27N3O. The number of rotatable bonds is 4. The second kappa shape index (κ2) is 7.11. The van der Waals surface area contributed by atoms with E-state index in [1.165, 1.54) is 55.3 Å². The summed E-state index contributed by atoms with van der Waals surface area (Å²) >= 11 is 0. The van der Waals surface area contributed by atoms with Gasteiger partial charge in [0, 0.05) is 24.8 Å². The highest BCUT2D eigenvalue weighted by atomic mass is 16.5. The Morgan fingerprint density at radius 1 is 1.04 bits per heavy atom. The first kappa shape index (κ1) is 15.9. The first-order valence-corrected chi connectivity index (χ1v) is 9.68. The number of pyridine rings is 1. The van der Waals surface area contributed by atoms with E-state index in [9.17, 15) is 5.26 Å². The van der Waals surface area contributed by atoms with Crippen molar-refractivity contribution in [2.24, 2.45) is 0 Å². The molecular weight excluding hydrogens is 298 g/mol. The van der Waals surface area contributed by atoms with Crippen LogP contribution >= 0.6 is 0 Å². The molecule has 0 amide bonds. The summed E-state index contributed by atoms with van der Waals surface area (Å²) in [4.78, 5) is 5.01. The van der Waals surface area contributed by atoms with Gasteiger partial charge in [0.2, 0.25) is 0 Å². The van der Waals surface area contributed by atoms with Crippen LogP contribution in [0, 0.1) is 11.3 Å². The van der Waals surface area contributed by atoms with Crippen molar-refractivity contribution >= 4 is 5.82 Å². The van der Waals surface area contributed by atoms with E-state index in [0.717, 1.165) is 50.2 Å². The molecule has 1 saturated heterocycles. The highest BCUT2D eigenvalue weighted by Gasteiger charge is 2.28. The predicted molar refractivity (Wildman–Crippen MR) is 94.3 cm³/mol. The van der Waals surface area contributed by atoms with Crippen molar-refractivity contribution < 1.29 is 4.74 Å². The van der Waals surface area contributed by atoms with Gasteiger partial charge in [-0.15, -0.1) is 0 Å². The Labute approximate surface area is 144 Å².